The Labute approximate surface area is 213 Å². The van der Waals surface area contributed by atoms with Crippen LogP contribution in [0.4, 0.5) is 0 Å². The SMILES string of the molecule is C/C(=C/C=C/[C@H](C)C(=O)[O-])[C@H]1CN[C@H](C(=O)[O-])[C@H]1CC(=O)[O-].[Na+].[Na+].[Na+]. The zero-order valence-corrected chi connectivity index (χ0v) is 21.4. The van der Waals surface area contributed by atoms with Crippen LogP contribution in [0.25, 0.3) is 0 Å². The van der Waals surface area contributed by atoms with Gasteiger partial charge in [0, 0.05) is 24.4 Å². The monoisotopic (exact) mass is 377 g/mol. The molecule has 0 saturated carbocycles. The van der Waals surface area contributed by atoms with Crippen molar-refractivity contribution in [3.8, 4) is 0 Å². The van der Waals surface area contributed by atoms with Crippen molar-refractivity contribution in [1.82, 2.24) is 5.32 Å². The van der Waals surface area contributed by atoms with Crippen LogP contribution in [-0.4, -0.2) is 30.5 Å². The number of hydrogen-bond donors (Lipinski definition) is 1. The third-order valence-electron chi connectivity index (χ3n) is 3.87. The summed E-state index contributed by atoms with van der Waals surface area (Å²) in [4.78, 5) is 32.4. The summed E-state index contributed by atoms with van der Waals surface area (Å²) in [5.41, 5.74) is 0.754. The number of carboxylic acid groups (broad SMARTS) is 3. The Balaban J connectivity index is -0.00000161. The quantitative estimate of drug-likeness (QED) is 0.344. The first kappa shape index (κ1) is 30.6. The number of aliphatic carboxylic acids is 3. The molecule has 0 radical (unpaired) electrons. The standard InChI is InChI=1S/C15H21NO6.3Na/c1-8(4-3-5-9(2)14(19)20)11-7-16-13(15(21)22)10(11)6-12(17)18;;;/h3-5,9-11,13,16H,6-7H2,1-2H3,(H,17,18)(H,19,20)(H,21,22);;;/q;3*+1/p-3/b5-3+,8-4-;;;/t9-,10-,11+,13-;;;/m0.../s1. The summed E-state index contributed by atoms with van der Waals surface area (Å²) in [5, 5.41) is 35.2. The molecule has 4 atom stereocenters. The molecule has 1 saturated heterocycles. The number of hydrogen-bond acceptors (Lipinski definition) is 7. The van der Waals surface area contributed by atoms with Crippen LogP contribution in [0.1, 0.15) is 20.3 Å². The van der Waals surface area contributed by atoms with E-state index in [4.69, 9.17) is 0 Å². The van der Waals surface area contributed by atoms with Crippen molar-refractivity contribution in [1.29, 1.82) is 0 Å². The van der Waals surface area contributed by atoms with Crippen molar-refractivity contribution in [2.24, 2.45) is 17.8 Å². The Hall–Kier alpha value is 0.850. The third-order valence-corrected chi connectivity index (χ3v) is 3.87. The maximum atomic E-state index is 11.0. The van der Waals surface area contributed by atoms with Gasteiger partial charge in [0.1, 0.15) is 0 Å². The molecule has 1 fully saturated rings. The summed E-state index contributed by atoms with van der Waals surface area (Å²) in [5.74, 6) is -5.58. The van der Waals surface area contributed by atoms with Gasteiger partial charge in [-0.1, -0.05) is 30.7 Å². The van der Waals surface area contributed by atoms with Gasteiger partial charge >= 0.3 is 88.7 Å². The average molecular weight is 377 g/mol. The van der Waals surface area contributed by atoms with E-state index in [1.165, 1.54) is 19.1 Å². The molecule has 25 heavy (non-hydrogen) atoms. The molecule has 0 aromatic heterocycles. The van der Waals surface area contributed by atoms with E-state index >= 15 is 0 Å². The van der Waals surface area contributed by atoms with Crippen molar-refractivity contribution >= 4 is 17.9 Å². The summed E-state index contributed by atoms with van der Waals surface area (Å²) >= 11 is 0. The van der Waals surface area contributed by atoms with Crippen LogP contribution in [0.3, 0.4) is 0 Å². The Morgan fingerprint density at radius 1 is 1.16 bits per heavy atom. The predicted molar refractivity (Wildman–Crippen MR) is 70.5 cm³/mol. The second-order valence-corrected chi connectivity index (χ2v) is 5.45. The summed E-state index contributed by atoms with van der Waals surface area (Å²) in [6.45, 7) is 3.51. The molecule has 0 spiro atoms. The molecule has 0 aromatic carbocycles. The second kappa shape index (κ2) is 14.9. The largest absolute Gasteiger partial charge is 1.00 e. The maximum absolute atomic E-state index is 11.0. The normalized spacial score (nSPS) is 23.8. The molecule has 1 N–H and O–H groups in total. The van der Waals surface area contributed by atoms with Crippen molar-refractivity contribution in [2.75, 3.05) is 6.54 Å². The predicted octanol–water partition coefficient (Wildman–Crippen LogP) is -12.0. The van der Waals surface area contributed by atoms with Crippen molar-refractivity contribution in [3.05, 3.63) is 23.8 Å². The zero-order chi connectivity index (χ0) is 16.9. The van der Waals surface area contributed by atoms with E-state index in [2.05, 4.69) is 5.32 Å². The fraction of sp³-hybridized carbons (Fsp3) is 0.533. The van der Waals surface area contributed by atoms with E-state index < -0.39 is 35.8 Å². The first-order valence-electron chi connectivity index (χ1n) is 6.94. The minimum Gasteiger partial charge on any atom is -0.550 e. The van der Waals surface area contributed by atoms with E-state index in [1.807, 2.05) is 0 Å². The summed E-state index contributed by atoms with van der Waals surface area (Å²) in [6, 6.07) is -1.04. The minimum atomic E-state index is -1.34. The molecule has 122 valence electrons. The van der Waals surface area contributed by atoms with Gasteiger partial charge in [0.25, 0.3) is 0 Å². The van der Waals surface area contributed by atoms with Crippen molar-refractivity contribution < 1.29 is 118 Å². The van der Waals surface area contributed by atoms with Crippen LogP contribution in [0.5, 0.6) is 0 Å². The molecule has 0 amide bonds. The molecule has 10 heteroatoms. The van der Waals surface area contributed by atoms with E-state index in [1.54, 1.807) is 13.0 Å². The number of carboxylic acids is 3. The van der Waals surface area contributed by atoms with Crippen LogP contribution in [0, 0.1) is 17.8 Å². The summed E-state index contributed by atoms with van der Waals surface area (Å²) in [7, 11) is 0. The Morgan fingerprint density at radius 2 is 1.72 bits per heavy atom. The Kier molecular flexibility index (Phi) is 18.2. The first-order valence-corrected chi connectivity index (χ1v) is 6.94. The van der Waals surface area contributed by atoms with E-state index in [0.717, 1.165) is 5.57 Å². The van der Waals surface area contributed by atoms with Gasteiger partial charge in [0.2, 0.25) is 0 Å². The number of carbonyl (C=O) groups excluding carboxylic acids is 3. The molecule has 1 aliphatic heterocycles. The van der Waals surface area contributed by atoms with Crippen LogP contribution in [0.2, 0.25) is 0 Å². The van der Waals surface area contributed by atoms with Gasteiger partial charge < -0.3 is 35.0 Å². The molecule has 1 heterocycles. The molecule has 7 nitrogen and oxygen atoms in total. The molecule has 1 aliphatic rings. The average Bonchev–Trinajstić information content (AvgIpc) is 2.81. The minimum absolute atomic E-state index is 0. The van der Waals surface area contributed by atoms with E-state index in [9.17, 15) is 29.7 Å². The number of nitrogens with one attached hydrogen (secondary N) is 1. The van der Waals surface area contributed by atoms with Gasteiger partial charge in [0.05, 0.1) is 12.0 Å². The number of rotatable bonds is 7. The number of carbonyl (C=O) groups is 3. The van der Waals surface area contributed by atoms with E-state index in [0.29, 0.717) is 6.54 Å². The van der Waals surface area contributed by atoms with Crippen molar-refractivity contribution in [2.45, 2.75) is 26.3 Å². The molecule has 1 rings (SSSR count). The van der Waals surface area contributed by atoms with Gasteiger partial charge in [0.15, 0.2) is 0 Å². The molecule has 0 aliphatic carbocycles. The fourth-order valence-corrected chi connectivity index (χ4v) is 2.57. The molecule has 0 unspecified atom stereocenters. The van der Waals surface area contributed by atoms with Crippen LogP contribution >= 0.6 is 0 Å². The van der Waals surface area contributed by atoms with Gasteiger partial charge in [-0.25, -0.2) is 0 Å². The van der Waals surface area contributed by atoms with Gasteiger partial charge in [-0.05, 0) is 25.2 Å². The summed E-state index contributed by atoms with van der Waals surface area (Å²) < 4.78 is 0. The second-order valence-electron chi connectivity index (χ2n) is 5.45. The zero-order valence-electron chi connectivity index (χ0n) is 15.4. The van der Waals surface area contributed by atoms with Crippen molar-refractivity contribution in [3.63, 3.8) is 0 Å². The van der Waals surface area contributed by atoms with Crippen LogP contribution in [0.15, 0.2) is 23.8 Å². The maximum Gasteiger partial charge on any atom is 1.00 e. The van der Waals surface area contributed by atoms with Crippen LogP contribution < -0.4 is 109 Å². The molecule has 0 bridgehead atoms. The third kappa shape index (κ3) is 10.1. The molecule has 0 aromatic rings. The fourth-order valence-electron chi connectivity index (χ4n) is 2.57. The Morgan fingerprint density at radius 3 is 2.16 bits per heavy atom. The van der Waals surface area contributed by atoms with Gasteiger partial charge in [-0.3, -0.25) is 0 Å². The van der Waals surface area contributed by atoms with Crippen LogP contribution in [-0.2, 0) is 14.4 Å². The van der Waals surface area contributed by atoms with Gasteiger partial charge in [-0.2, -0.15) is 0 Å². The smallest absolute Gasteiger partial charge is 0.550 e. The molecular formula is C15H18NNa3O6. The van der Waals surface area contributed by atoms with E-state index in [-0.39, 0.29) is 101 Å². The number of allylic oxidation sites excluding steroid dienone is 2. The molecular weight excluding hydrogens is 359 g/mol. The Bertz CT molecular complexity index is 523. The topological polar surface area (TPSA) is 132 Å². The summed E-state index contributed by atoms with van der Waals surface area (Å²) in [6.07, 6.45) is 4.23. The van der Waals surface area contributed by atoms with Gasteiger partial charge in [-0.15, -0.1) is 0 Å². The first-order chi connectivity index (χ1) is 10.2.